The van der Waals surface area contributed by atoms with Crippen molar-refractivity contribution < 1.29 is 23.9 Å². The number of fused-ring (bicyclic) bond motifs is 5. The number of methoxy groups -OCH3 is 1. The van der Waals surface area contributed by atoms with E-state index in [4.69, 9.17) is 16.3 Å². The number of halogens is 1. The van der Waals surface area contributed by atoms with Crippen molar-refractivity contribution in [3.05, 3.63) is 40.9 Å². The van der Waals surface area contributed by atoms with E-state index in [0.29, 0.717) is 11.3 Å². The minimum Gasteiger partial charge on any atom is -0.477 e. The van der Waals surface area contributed by atoms with Crippen LogP contribution in [0.25, 0.3) is 0 Å². The van der Waals surface area contributed by atoms with E-state index in [1.54, 1.807) is 25.1 Å². The van der Waals surface area contributed by atoms with Gasteiger partial charge in [0.1, 0.15) is 5.75 Å². The van der Waals surface area contributed by atoms with E-state index >= 15 is 0 Å². The Kier molecular flexibility index (Phi) is 4.71. The molecule has 5 unspecified atom stereocenters. The zero-order valence-electron chi connectivity index (χ0n) is 15.4. The van der Waals surface area contributed by atoms with Crippen molar-refractivity contribution in [1.82, 2.24) is 5.01 Å². The molecule has 3 aliphatic rings. The minimum atomic E-state index is -0.801. The molecule has 28 heavy (non-hydrogen) atoms. The molecule has 0 aromatic heterocycles. The molecule has 2 fully saturated rings. The highest BCUT2D eigenvalue weighted by Gasteiger charge is 2.59. The first-order chi connectivity index (χ1) is 13.4. The van der Waals surface area contributed by atoms with E-state index < -0.39 is 12.1 Å². The van der Waals surface area contributed by atoms with Gasteiger partial charge < -0.3 is 9.47 Å². The van der Waals surface area contributed by atoms with E-state index in [1.165, 1.54) is 13.3 Å². The van der Waals surface area contributed by atoms with Crippen molar-refractivity contribution in [1.29, 1.82) is 0 Å². The first-order valence-corrected chi connectivity index (χ1v) is 9.42. The van der Waals surface area contributed by atoms with Crippen molar-refractivity contribution in [2.75, 3.05) is 7.11 Å². The summed E-state index contributed by atoms with van der Waals surface area (Å²) in [7, 11) is 1.28. The van der Waals surface area contributed by atoms with Crippen LogP contribution < -0.4 is 4.74 Å². The molecule has 5 atom stereocenters. The standard InChI is InChI=1S/C20H19ClN2O5/c1-10(20(26)27-2)28-15-6-3-11(7-14(15)21)9-22-23-18(24)16-12-4-5-13(8-12)17(16)19(23)25/h3-7,9-10,12-13,16-17H,8H2,1-2H3. The third-order valence-electron chi connectivity index (χ3n) is 5.56. The van der Waals surface area contributed by atoms with Gasteiger partial charge in [0.15, 0.2) is 6.10 Å². The quantitative estimate of drug-likeness (QED) is 0.327. The maximum atomic E-state index is 12.6. The number of hydrogen-bond acceptors (Lipinski definition) is 6. The second kappa shape index (κ2) is 7.05. The fourth-order valence-electron chi connectivity index (χ4n) is 4.22. The average Bonchev–Trinajstić information content (AvgIpc) is 3.36. The molecule has 8 heteroatoms. The summed E-state index contributed by atoms with van der Waals surface area (Å²) in [4.78, 5) is 36.7. The van der Waals surface area contributed by atoms with Crippen molar-refractivity contribution >= 4 is 35.6 Å². The second-order valence-corrected chi connectivity index (χ2v) is 7.61. The van der Waals surface area contributed by atoms with Gasteiger partial charge in [0.2, 0.25) is 0 Å². The Morgan fingerprint density at radius 1 is 1.25 bits per heavy atom. The Bertz CT molecular complexity index is 882. The van der Waals surface area contributed by atoms with E-state index in [2.05, 4.69) is 9.84 Å². The van der Waals surface area contributed by atoms with Crippen LogP contribution in [0.4, 0.5) is 0 Å². The number of rotatable bonds is 5. The normalized spacial score (nSPS) is 28.9. The van der Waals surface area contributed by atoms with Gasteiger partial charge in [0, 0.05) is 0 Å². The Hall–Kier alpha value is -2.67. The Labute approximate surface area is 166 Å². The molecule has 1 saturated carbocycles. The lowest BCUT2D eigenvalue weighted by Gasteiger charge is -2.14. The number of amides is 2. The number of hydrazone groups is 1. The first-order valence-electron chi connectivity index (χ1n) is 9.05. The lowest BCUT2D eigenvalue weighted by molar-refractivity contribution is -0.148. The third kappa shape index (κ3) is 2.99. The van der Waals surface area contributed by atoms with Gasteiger partial charge in [-0.2, -0.15) is 10.1 Å². The maximum absolute atomic E-state index is 12.6. The Morgan fingerprint density at radius 2 is 1.89 bits per heavy atom. The van der Waals surface area contributed by atoms with Crippen LogP contribution in [0.3, 0.4) is 0 Å². The van der Waals surface area contributed by atoms with Crippen LogP contribution >= 0.6 is 11.6 Å². The zero-order chi connectivity index (χ0) is 20.0. The number of esters is 1. The topological polar surface area (TPSA) is 85.3 Å². The van der Waals surface area contributed by atoms with Gasteiger partial charge in [-0.15, -0.1) is 0 Å². The molecule has 1 heterocycles. The van der Waals surface area contributed by atoms with E-state index in [0.717, 1.165) is 11.4 Å². The molecule has 146 valence electrons. The highest BCUT2D eigenvalue weighted by atomic mass is 35.5. The van der Waals surface area contributed by atoms with Crippen molar-refractivity contribution in [3.63, 3.8) is 0 Å². The number of allylic oxidation sites excluding steroid dienone is 2. The SMILES string of the molecule is COC(=O)C(C)Oc1ccc(C=NN2C(=O)C3C4C=CC(C4)C3C2=O)cc1Cl. The molecule has 1 aromatic rings. The highest BCUT2D eigenvalue weighted by Crippen LogP contribution is 2.52. The maximum Gasteiger partial charge on any atom is 0.346 e. The molecule has 0 spiro atoms. The summed E-state index contributed by atoms with van der Waals surface area (Å²) in [5.74, 6) is -0.924. The molecule has 4 rings (SSSR count). The van der Waals surface area contributed by atoms with Gasteiger partial charge in [-0.3, -0.25) is 9.59 Å². The van der Waals surface area contributed by atoms with E-state index in [1.807, 2.05) is 12.2 Å². The fourth-order valence-corrected chi connectivity index (χ4v) is 4.46. The molecule has 1 aromatic carbocycles. The summed E-state index contributed by atoms with van der Waals surface area (Å²) in [5.41, 5.74) is 0.599. The van der Waals surface area contributed by atoms with E-state index in [-0.39, 0.29) is 40.5 Å². The molecule has 2 aliphatic carbocycles. The van der Waals surface area contributed by atoms with Crippen molar-refractivity contribution in [2.45, 2.75) is 19.4 Å². The van der Waals surface area contributed by atoms with Gasteiger partial charge in [0.05, 0.1) is 30.2 Å². The number of carbonyl (C=O) groups excluding carboxylic acids is 3. The van der Waals surface area contributed by atoms with Gasteiger partial charge in [-0.05, 0) is 48.9 Å². The summed E-state index contributed by atoms with van der Waals surface area (Å²) in [6.45, 7) is 1.56. The number of nitrogens with zero attached hydrogens (tertiary/aromatic N) is 2. The molecule has 1 saturated heterocycles. The fraction of sp³-hybridized carbons (Fsp3) is 0.400. The lowest BCUT2D eigenvalue weighted by Crippen LogP contribution is -2.28. The third-order valence-corrected chi connectivity index (χ3v) is 5.86. The largest absolute Gasteiger partial charge is 0.477 e. The predicted molar refractivity (Wildman–Crippen MR) is 101 cm³/mol. The summed E-state index contributed by atoms with van der Waals surface area (Å²) < 4.78 is 10.1. The zero-order valence-corrected chi connectivity index (χ0v) is 16.1. The van der Waals surface area contributed by atoms with Gasteiger partial charge in [-0.25, -0.2) is 4.79 Å². The smallest absolute Gasteiger partial charge is 0.346 e. The number of hydrogen-bond donors (Lipinski definition) is 0. The summed E-state index contributed by atoms with van der Waals surface area (Å²) in [6.07, 6.45) is 5.58. The first kappa shape index (κ1) is 18.7. The Balaban J connectivity index is 1.47. The molecule has 0 radical (unpaired) electrons. The van der Waals surface area contributed by atoms with Crippen molar-refractivity contribution in [3.8, 4) is 5.75 Å². The lowest BCUT2D eigenvalue weighted by atomic mass is 9.85. The number of ether oxygens (including phenoxy) is 2. The van der Waals surface area contributed by atoms with Crippen LogP contribution in [0.2, 0.25) is 5.02 Å². The molecule has 2 bridgehead atoms. The second-order valence-electron chi connectivity index (χ2n) is 7.21. The summed E-state index contributed by atoms with van der Waals surface area (Å²) in [6, 6.07) is 4.85. The van der Waals surface area contributed by atoms with Crippen LogP contribution in [-0.2, 0) is 19.1 Å². The predicted octanol–water partition coefficient (Wildman–Crippen LogP) is 2.42. The summed E-state index contributed by atoms with van der Waals surface area (Å²) >= 11 is 6.20. The number of carbonyl (C=O) groups is 3. The van der Waals surface area contributed by atoms with Crippen molar-refractivity contribution in [2.24, 2.45) is 28.8 Å². The van der Waals surface area contributed by atoms with Crippen LogP contribution in [0.1, 0.15) is 18.9 Å². The highest BCUT2D eigenvalue weighted by molar-refractivity contribution is 6.32. The van der Waals surface area contributed by atoms with Gasteiger partial charge in [-0.1, -0.05) is 23.8 Å². The molecule has 1 aliphatic heterocycles. The number of imide groups is 1. The van der Waals surface area contributed by atoms with Crippen LogP contribution in [0.5, 0.6) is 5.75 Å². The van der Waals surface area contributed by atoms with Gasteiger partial charge >= 0.3 is 5.97 Å². The number of benzene rings is 1. The molecule has 2 amide bonds. The van der Waals surface area contributed by atoms with Crippen LogP contribution in [-0.4, -0.2) is 42.2 Å². The average molecular weight is 403 g/mol. The van der Waals surface area contributed by atoms with Gasteiger partial charge in [0.25, 0.3) is 11.8 Å². The van der Waals surface area contributed by atoms with Crippen LogP contribution in [0, 0.1) is 23.7 Å². The summed E-state index contributed by atoms with van der Waals surface area (Å²) in [5, 5.41) is 5.38. The molecular weight excluding hydrogens is 384 g/mol. The Morgan fingerprint density at radius 3 is 2.46 bits per heavy atom. The van der Waals surface area contributed by atoms with E-state index in [9.17, 15) is 14.4 Å². The molecule has 0 N–H and O–H groups in total. The molecule has 7 nitrogen and oxygen atoms in total. The molecular formula is C20H19ClN2O5. The monoisotopic (exact) mass is 402 g/mol. The minimum absolute atomic E-state index is 0.148. The van der Waals surface area contributed by atoms with Crippen LogP contribution in [0.15, 0.2) is 35.5 Å².